The van der Waals surface area contributed by atoms with Crippen LogP contribution in [0.2, 0.25) is 5.02 Å². The average Bonchev–Trinajstić information content (AvgIpc) is 3.66. The third-order valence-corrected chi connectivity index (χ3v) is 11.1. The Morgan fingerprint density at radius 3 is 2.71 bits per heavy atom. The Morgan fingerprint density at radius 2 is 1.93 bits per heavy atom. The number of benzene rings is 3. The van der Waals surface area contributed by atoms with Crippen LogP contribution in [0.4, 0.5) is 24.7 Å². The molecule has 0 saturated carbocycles. The third-order valence-electron chi connectivity index (χ3n) is 9.71. The Bertz CT molecular complexity index is 1950. The number of fused-ring (bicyclic) bond motifs is 5. The maximum Gasteiger partial charge on any atom is 0.190 e. The lowest BCUT2D eigenvalue weighted by atomic mass is 9.92. The molecule has 3 aromatic carbocycles. The highest BCUT2D eigenvalue weighted by atomic mass is 35.5. The molecule has 2 bridgehead atoms. The summed E-state index contributed by atoms with van der Waals surface area (Å²) in [4.78, 5) is 14.1. The topological polar surface area (TPSA) is 70.3 Å². The zero-order valence-corrected chi connectivity index (χ0v) is 25.9. The molecule has 11 heteroatoms. The quantitative estimate of drug-likeness (QED) is 0.0864. The predicted molar refractivity (Wildman–Crippen MR) is 176 cm³/mol. The van der Waals surface area contributed by atoms with Gasteiger partial charge in [0.15, 0.2) is 11.0 Å². The fourth-order valence-corrected chi connectivity index (χ4v) is 9.21. The van der Waals surface area contributed by atoms with Gasteiger partial charge in [0.05, 0.1) is 10.6 Å². The maximum absolute atomic E-state index is 17.0. The van der Waals surface area contributed by atoms with Gasteiger partial charge < -0.3 is 16.0 Å². The monoisotopic (exact) mass is 646 g/mol. The van der Waals surface area contributed by atoms with Gasteiger partial charge in [0.1, 0.15) is 23.3 Å². The van der Waals surface area contributed by atoms with E-state index in [2.05, 4.69) is 33.2 Å². The van der Waals surface area contributed by atoms with Gasteiger partial charge >= 0.3 is 0 Å². The molecule has 1 aromatic heterocycles. The van der Waals surface area contributed by atoms with E-state index in [0.29, 0.717) is 70.2 Å². The van der Waals surface area contributed by atoms with Crippen LogP contribution in [-0.2, 0) is 0 Å². The van der Waals surface area contributed by atoms with E-state index in [0.717, 1.165) is 19.4 Å². The van der Waals surface area contributed by atoms with Gasteiger partial charge in [-0.15, -0.1) is 6.42 Å². The first-order valence-electron chi connectivity index (χ1n) is 15.1. The van der Waals surface area contributed by atoms with Crippen molar-refractivity contribution in [3.8, 4) is 23.5 Å². The van der Waals surface area contributed by atoms with E-state index >= 15 is 4.39 Å². The summed E-state index contributed by atoms with van der Waals surface area (Å²) in [5, 5.41) is 5.46. The number of hydrogen-bond acceptors (Lipinski definition) is 7. The number of piperazine rings is 1. The van der Waals surface area contributed by atoms with Crippen LogP contribution in [0, 0.1) is 24.0 Å². The second-order valence-electron chi connectivity index (χ2n) is 12.5. The number of nitrogens with zero attached hydrogens (tertiary/aromatic N) is 4. The van der Waals surface area contributed by atoms with Crippen LogP contribution in [0.5, 0.6) is 0 Å². The highest BCUT2D eigenvalue weighted by Crippen LogP contribution is 2.46. The zero-order chi connectivity index (χ0) is 31.0. The molecule has 45 heavy (non-hydrogen) atoms. The molecule has 4 atom stereocenters. The normalized spacial score (nSPS) is 25.8. The van der Waals surface area contributed by atoms with E-state index in [1.165, 1.54) is 17.8 Å². The van der Waals surface area contributed by atoms with Gasteiger partial charge in [0.25, 0.3) is 0 Å². The summed E-state index contributed by atoms with van der Waals surface area (Å²) in [5.41, 5.74) is 6.79. The molecule has 0 radical (unpaired) electrons. The molecule has 3 saturated heterocycles. The van der Waals surface area contributed by atoms with Crippen LogP contribution in [0.25, 0.3) is 32.8 Å². The summed E-state index contributed by atoms with van der Waals surface area (Å²) in [5.74, 6) is 2.37. The molecule has 2 unspecified atom stereocenters. The summed E-state index contributed by atoms with van der Waals surface area (Å²) < 4.78 is 46.5. The van der Waals surface area contributed by atoms with E-state index in [1.807, 2.05) is 0 Å². The lowest BCUT2D eigenvalue weighted by Crippen LogP contribution is -2.52. The van der Waals surface area contributed by atoms with Crippen molar-refractivity contribution in [1.82, 2.24) is 20.2 Å². The molecule has 0 amide bonds. The number of aromatic nitrogens is 2. The number of thioether (sulfide) groups is 1. The lowest BCUT2D eigenvalue weighted by molar-refractivity contribution is 0.222. The minimum atomic E-state index is -0.851. The molecular formula is C34H30ClF3N6S. The smallest absolute Gasteiger partial charge is 0.190 e. The minimum Gasteiger partial charge on any atom is -0.399 e. The number of nitrogens with one attached hydrogen (secondary N) is 1. The van der Waals surface area contributed by atoms with E-state index in [-0.39, 0.29) is 39.3 Å². The van der Waals surface area contributed by atoms with E-state index in [4.69, 9.17) is 33.7 Å². The van der Waals surface area contributed by atoms with Crippen molar-refractivity contribution in [2.45, 2.75) is 48.2 Å². The summed E-state index contributed by atoms with van der Waals surface area (Å²) in [7, 11) is 0. The molecule has 4 aliphatic heterocycles. The molecule has 6 nitrogen and oxygen atoms in total. The number of anilines is 2. The highest BCUT2D eigenvalue weighted by molar-refractivity contribution is 7.99. The van der Waals surface area contributed by atoms with Crippen molar-refractivity contribution in [1.29, 1.82) is 0 Å². The Balaban J connectivity index is 1.30. The summed E-state index contributed by atoms with van der Waals surface area (Å²) >= 11 is 8.34. The SMILES string of the molecule is C#Cc1c(F)ccc2cc(N)cc(-c3c(Cl)cc4c(N5CC6C=CC(C5)N6)nc(SC[C@@]56CCCN5C[C@H](F)C6)nc4c3F)c12. The van der Waals surface area contributed by atoms with Gasteiger partial charge in [-0.05, 0) is 61.0 Å². The van der Waals surface area contributed by atoms with Crippen molar-refractivity contribution < 1.29 is 13.2 Å². The Hall–Kier alpha value is -3.49. The van der Waals surface area contributed by atoms with Gasteiger partial charge in [-0.1, -0.05) is 47.5 Å². The van der Waals surface area contributed by atoms with Gasteiger partial charge in [0, 0.05) is 65.0 Å². The van der Waals surface area contributed by atoms with Crippen molar-refractivity contribution in [2.75, 3.05) is 42.6 Å². The van der Waals surface area contributed by atoms with Crippen LogP contribution < -0.4 is 16.0 Å². The van der Waals surface area contributed by atoms with Crippen LogP contribution >= 0.6 is 23.4 Å². The average molecular weight is 647 g/mol. The lowest BCUT2D eigenvalue weighted by Gasteiger charge is -2.35. The van der Waals surface area contributed by atoms with Crippen molar-refractivity contribution in [3.05, 3.63) is 64.7 Å². The second-order valence-corrected chi connectivity index (χ2v) is 13.9. The molecule has 0 aliphatic carbocycles. The number of nitrogen functional groups attached to an aromatic ring is 1. The first-order valence-corrected chi connectivity index (χ1v) is 16.5. The van der Waals surface area contributed by atoms with Crippen LogP contribution in [0.15, 0.2) is 47.6 Å². The zero-order valence-electron chi connectivity index (χ0n) is 24.3. The molecule has 0 spiro atoms. The number of terminal acetylenes is 1. The first kappa shape index (κ1) is 28.9. The van der Waals surface area contributed by atoms with E-state index < -0.39 is 17.8 Å². The summed E-state index contributed by atoms with van der Waals surface area (Å²) in [6, 6.07) is 8.05. The van der Waals surface area contributed by atoms with Gasteiger partial charge in [-0.25, -0.2) is 23.1 Å². The minimum absolute atomic E-state index is 0.00424. The number of rotatable bonds is 5. The van der Waals surface area contributed by atoms with Crippen LogP contribution in [0.1, 0.15) is 24.8 Å². The molecular weight excluding hydrogens is 617 g/mol. The Morgan fingerprint density at radius 1 is 1.13 bits per heavy atom. The number of hydrogen-bond donors (Lipinski definition) is 2. The van der Waals surface area contributed by atoms with E-state index in [9.17, 15) is 8.78 Å². The molecule has 4 aromatic rings. The predicted octanol–water partition coefficient (Wildman–Crippen LogP) is 6.33. The van der Waals surface area contributed by atoms with Crippen molar-refractivity contribution in [3.63, 3.8) is 0 Å². The van der Waals surface area contributed by atoms with Crippen molar-refractivity contribution >= 4 is 56.5 Å². The molecule has 230 valence electrons. The van der Waals surface area contributed by atoms with Crippen LogP contribution in [-0.4, -0.2) is 70.6 Å². The fourth-order valence-electron chi connectivity index (χ4n) is 7.77. The Labute approximate surface area is 268 Å². The van der Waals surface area contributed by atoms with Crippen LogP contribution in [0.3, 0.4) is 0 Å². The standard InChI is InChI=1S/C34H30ClF3N6S/c1-2-23-27(37)7-4-18-10-20(39)11-24(28(18)23)29-26(35)12-25-31(30(29)38)41-33(42-32(25)43-15-21-5-6-22(16-43)40-21)45-17-34-8-3-9-44(34)14-19(36)13-34/h1,4-7,10-12,19,21-22,40H,3,8-9,13-17,39H2/t19-,21?,22?,34+/m1/s1. The van der Waals surface area contributed by atoms with Crippen molar-refractivity contribution in [2.24, 2.45) is 0 Å². The Kier molecular flexibility index (Phi) is 6.95. The summed E-state index contributed by atoms with van der Waals surface area (Å²) in [6.45, 7) is 2.63. The third kappa shape index (κ3) is 4.75. The molecule has 3 N–H and O–H groups in total. The number of alkyl halides is 1. The first-order chi connectivity index (χ1) is 21.7. The number of halogens is 4. The number of nitrogens with two attached hydrogens (primary N) is 1. The maximum atomic E-state index is 17.0. The van der Waals surface area contributed by atoms with Gasteiger partial charge in [0.2, 0.25) is 0 Å². The fraction of sp³-hybridized carbons (Fsp3) is 0.353. The van der Waals surface area contributed by atoms with Gasteiger partial charge in [-0.2, -0.15) is 0 Å². The van der Waals surface area contributed by atoms with E-state index in [1.54, 1.807) is 24.3 Å². The molecule has 8 rings (SSSR count). The molecule has 4 aliphatic rings. The second kappa shape index (κ2) is 10.8. The molecule has 3 fully saturated rings. The highest BCUT2D eigenvalue weighted by Gasteiger charge is 2.48. The molecule has 5 heterocycles. The summed E-state index contributed by atoms with van der Waals surface area (Å²) in [6.07, 6.45) is 11.6. The van der Waals surface area contributed by atoms with Gasteiger partial charge in [-0.3, -0.25) is 4.90 Å². The largest absolute Gasteiger partial charge is 0.399 e.